The van der Waals surface area contributed by atoms with Crippen molar-refractivity contribution in [3.8, 4) is 0 Å². The molecule has 36 heavy (non-hydrogen) atoms. The van der Waals surface area contributed by atoms with Crippen molar-refractivity contribution in [3.63, 3.8) is 0 Å². The Hall–Kier alpha value is -3.47. The second kappa shape index (κ2) is 7.52. The third-order valence-corrected chi connectivity index (χ3v) is 9.89. The molecule has 2 bridgehead atoms. The normalized spacial score (nSPS) is 28.9. The van der Waals surface area contributed by atoms with Crippen LogP contribution in [0.15, 0.2) is 66.7 Å². The van der Waals surface area contributed by atoms with Gasteiger partial charge in [0.05, 0.1) is 11.5 Å². The van der Waals surface area contributed by atoms with Crippen LogP contribution < -0.4 is 0 Å². The van der Waals surface area contributed by atoms with Gasteiger partial charge in [0, 0.05) is 19.0 Å². The Bertz CT molecular complexity index is 1440. The van der Waals surface area contributed by atoms with Crippen molar-refractivity contribution in [2.75, 3.05) is 13.6 Å². The molecule has 0 unspecified atom stereocenters. The van der Waals surface area contributed by atoms with E-state index in [4.69, 9.17) is 0 Å². The Morgan fingerprint density at radius 3 is 2.33 bits per heavy atom. The summed E-state index contributed by atoms with van der Waals surface area (Å²) < 4.78 is 0. The van der Waals surface area contributed by atoms with Crippen LogP contribution in [0.5, 0.6) is 0 Å². The molecule has 1 saturated heterocycles. The van der Waals surface area contributed by atoms with E-state index in [0.29, 0.717) is 19.4 Å². The summed E-state index contributed by atoms with van der Waals surface area (Å²) in [5.41, 5.74) is 0.577. The van der Waals surface area contributed by atoms with Crippen molar-refractivity contribution >= 4 is 28.5 Å². The number of benzene rings is 3. The van der Waals surface area contributed by atoms with Crippen LogP contribution in [0, 0.1) is 16.2 Å². The van der Waals surface area contributed by atoms with Crippen molar-refractivity contribution in [1.29, 1.82) is 0 Å². The van der Waals surface area contributed by atoms with E-state index in [9.17, 15) is 14.4 Å². The molecule has 3 aromatic rings. The van der Waals surface area contributed by atoms with Gasteiger partial charge in [-0.05, 0) is 52.8 Å². The zero-order chi connectivity index (χ0) is 25.5. The Morgan fingerprint density at radius 1 is 0.861 bits per heavy atom. The third-order valence-electron chi connectivity index (χ3n) is 9.89. The van der Waals surface area contributed by atoms with Crippen molar-refractivity contribution in [2.45, 2.75) is 46.1 Å². The standard InChI is InChI=1S/C31H32N2O3/c1-29(2)30(3)16-17-31(29,27(35)32(4)26(30)34)28(36)33-18-15-21-10-7-8-12-24(21)25(33)23-14-13-20-9-5-6-11-22(20)19-23/h5-14,19,25H,15-18H2,1-4H3/t25-,30-,31+/m0/s1. The fourth-order valence-electron chi connectivity index (χ4n) is 7.26. The monoisotopic (exact) mass is 480 g/mol. The van der Waals surface area contributed by atoms with E-state index in [1.54, 1.807) is 0 Å². The molecule has 5 nitrogen and oxygen atoms in total. The lowest BCUT2D eigenvalue weighted by atomic mass is 9.54. The van der Waals surface area contributed by atoms with Gasteiger partial charge in [0.2, 0.25) is 17.7 Å². The van der Waals surface area contributed by atoms with E-state index in [2.05, 4.69) is 42.5 Å². The molecule has 3 aromatic carbocycles. The maximum Gasteiger partial charge on any atom is 0.245 e. The number of carbonyl (C=O) groups is 3. The lowest BCUT2D eigenvalue weighted by Gasteiger charge is -2.54. The molecule has 0 spiro atoms. The van der Waals surface area contributed by atoms with Gasteiger partial charge in [0.15, 0.2) is 0 Å². The molecular formula is C31H32N2O3. The minimum absolute atomic E-state index is 0.145. The summed E-state index contributed by atoms with van der Waals surface area (Å²) >= 11 is 0. The summed E-state index contributed by atoms with van der Waals surface area (Å²) in [6.45, 7) is 6.36. The molecule has 3 aliphatic rings. The number of nitrogens with zero attached hydrogens (tertiary/aromatic N) is 2. The van der Waals surface area contributed by atoms with Crippen molar-refractivity contribution in [1.82, 2.24) is 9.80 Å². The second-order valence-corrected chi connectivity index (χ2v) is 11.5. The number of fused-ring (bicyclic) bond motifs is 4. The topological polar surface area (TPSA) is 57.7 Å². The highest BCUT2D eigenvalue weighted by atomic mass is 16.2. The summed E-state index contributed by atoms with van der Waals surface area (Å²) in [6.07, 6.45) is 1.67. The Balaban J connectivity index is 1.52. The van der Waals surface area contributed by atoms with Crippen LogP contribution in [0.2, 0.25) is 0 Å². The van der Waals surface area contributed by atoms with Crippen LogP contribution in [-0.4, -0.2) is 41.1 Å². The summed E-state index contributed by atoms with van der Waals surface area (Å²) in [5.74, 6) is -0.671. The number of likely N-dealkylation sites (tertiary alicyclic amines) is 1. The lowest BCUT2D eigenvalue weighted by molar-refractivity contribution is -0.183. The smallest absolute Gasteiger partial charge is 0.245 e. The van der Waals surface area contributed by atoms with E-state index < -0.39 is 16.2 Å². The van der Waals surface area contributed by atoms with Crippen LogP contribution in [0.3, 0.4) is 0 Å². The molecule has 0 radical (unpaired) electrons. The van der Waals surface area contributed by atoms with Crippen LogP contribution >= 0.6 is 0 Å². The molecule has 3 amide bonds. The van der Waals surface area contributed by atoms with E-state index in [1.165, 1.54) is 17.5 Å². The van der Waals surface area contributed by atoms with E-state index in [0.717, 1.165) is 28.3 Å². The zero-order valence-corrected chi connectivity index (χ0v) is 21.4. The van der Waals surface area contributed by atoms with E-state index >= 15 is 0 Å². The molecule has 1 saturated carbocycles. The average Bonchev–Trinajstić information content (AvgIpc) is 3.07. The summed E-state index contributed by atoms with van der Waals surface area (Å²) in [4.78, 5) is 45.0. The lowest BCUT2D eigenvalue weighted by Crippen LogP contribution is -2.68. The van der Waals surface area contributed by atoms with Gasteiger partial charge in [0.25, 0.3) is 0 Å². The molecule has 6 rings (SSSR count). The molecule has 5 heteroatoms. The van der Waals surface area contributed by atoms with Gasteiger partial charge in [-0.3, -0.25) is 19.3 Å². The highest BCUT2D eigenvalue weighted by Gasteiger charge is 2.75. The van der Waals surface area contributed by atoms with Gasteiger partial charge in [-0.15, -0.1) is 0 Å². The third kappa shape index (κ3) is 2.69. The van der Waals surface area contributed by atoms with E-state index in [1.807, 2.05) is 49.9 Å². The van der Waals surface area contributed by atoms with Crippen LogP contribution in [0.4, 0.5) is 0 Å². The zero-order valence-electron chi connectivity index (χ0n) is 21.4. The first kappa shape index (κ1) is 23.0. The number of rotatable bonds is 2. The van der Waals surface area contributed by atoms with Gasteiger partial charge in [-0.2, -0.15) is 0 Å². The van der Waals surface area contributed by atoms with Crippen molar-refractivity contribution in [2.24, 2.45) is 16.2 Å². The number of imide groups is 1. The van der Waals surface area contributed by atoms with Crippen LogP contribution in [0.1, 0.15) is 56.3 Å². The molecular weight excluding hydrogens is 448 g/mol. The van der Waals surface area contributed by atoms with Gasteiger partial charge < -0.3 is 4.90 Å². The van der Waals surface area contributed by atoms with Gasteiger partial charge in [-0.25, -0.2) is 0 Å². The predicted molar refractivity (Wildman–Crippen MR) is 139 cm³/mol. The predicted octanol–water partition coefficient (Wildman–Crippen LogP) is 5.13. The molecule has 0 aromatic heterocycles. The van der Waals surface area contributed by atoms with Crippen LogP contribution in [-0.2, 0) is 20.8 Å². The molecule has 2 aliphatic heterocycles. The SMILES string of the molecule is CN1C(=O)[C@@]2(C(=O)N3CCc4ccccc4[C@@H]3c3ccc4ccccc4c3)CC[C@@](C)(C1=O)C2(C)C. The maximum absolute atomic E-state index is 14.8. The van der Waals surface area contributed by atoms with Gasteiger partial charge >= 0.3 is 0 Å². The van der Waals surface area contributed by atoms with E-state index in [-0.39, 0.29) is 23.8 Å². The van der Waals surface area contributed by atoms with Crippen LogP contribution in [0.25, 0.3) is 10.8 Å². The molecule has 1 aliphatic carbocycles. The fourth-order valence-corrected chi connectivity index (χ4v) is 7.26. The number of hydrogen-bond donors (Lipinski definition) is 0. The molecule has 2 heterocycles. The summed E-state index contributed by atoms with van der Waals surface area (Å²) in [5, 5.41) is 2.27. The highest BCUT2D eigenvalue weighted by molar-refractivity contribution is 6.16. The molecule has 0 N–H and O–H groups in total. The Morgan fingerprint density at radius 2 is 1.56 bits per heavy atom. The summed E-state index contributed by atoms with van der Waals surface area (Å²) in [6, 6.07) is 22.6. The minimum Gasteiger partial charge on any atom is -0.330 e. The average molecular weight is 481 g/mol. The maximum atomic E-state index is 14.8. The number of hydrogen-bond acceptors (Lipinski definition) is 3. The molecule has 184 valence electrons. The summed E-state index contributed by atoms with van der Waals surface area (Å²) in [7, 11) is 1.54. The molecule has 3 atom stereocenters. The second-order valence-electron chi connectivity index (χ2n) is 11.5. The van der Waals surface area contributed by atoms with Crippen molar-refractivity contribution < 1.29 is 14.4 Å². The van der Waals surface area contributed by atoms with Gasteiger partial charge in [-0.1, -0.05) is 81.4 Å². The van der Waals surface area contributed by atoms with Gasteiger partial charge in [0.1, 0.15) is 5.41 Å². The largest absolute Gasteiger partial charge is 0.330 e. The molecule has 2 fully saturated rings. The minimum atomic E-state index is -1.26. The first-order chi connectivity index (χ1) is 17.1. The quantitative estimate of drug-likeness (QED) is 0.378. The first-order valence-electron chi connectivity index (χ1n) is 12.8. The first-order valence-corrected chi connectivity index (χ1v) is 12.8. The Labute approximate surface area is 212 Å². The highest BCUT2D eigenvalue weighted by Crippen LogP contribution is 2.67. The number of carbonyl (C=O) groups excluding carboxylic acids is 3. The van der Waals surface area contributed by atoms with Crippen molar-refractivity contribution in [3.05, 3.63) is 83.4 Å². The fraction of sp³-hybridized carbons (Fsp3) is 0.387. The number of piperidine rings is 1. The number of amides is 3. The Kier molecular flexibility index (Phi) is 4.79.